The van der Waals surface area contributed by atoms with E-state index in [-0.39, 0.29) is 5.78 Å². The van der Waals surface area contributed by atoms with Crippen molar-refractivity contribution in [2.45, 2.75) is 18.2 Å². The Hall–Kier alpha value is -1.74. The van der Waals surface area contributed by atoms with Crippen LogP contribution in [0.2, 0.25) is 0 Å². The van der Waals surface area contributed by atoms with Crippen molar-refractivity contribution >= 4 is 23.2 Å². The van der Waals surface area contributed by atoms with Gasteiger partial charge in [0.25, 0.3) is 0 Å². The van der Waals surface area contributed by atoms with E-state index < -0.39 is 0 Å². The van der Waals surface area contributed by atoms with Gasteiger partial charge in [0.2, 0.25) is 0 Å². The van der Waals surface area contributed by atoms with Crippen molar-refractivity contribution < 1.29 is 4.79 Å². The van der Waals surface area contributed by atoms with Gasteiger partial charge in [0.15, 0.2) is 5.78 Å². The van der Waals surface area contributed by atoms with E-state index in [4.69, 9.17) is 0 Å². The van der Waals surface area contributed by atoms with Gasteiger partial charge in [0, 0.05) is 34.9 Å². The minimum atomic E-state index is 0.191. The first-order valence-electron chi connectivity index (χ1n) is 6.84. The van der Waals surface area contributed by atoms with E-state index in [0.29, 0.717) is 6.42 Å². The summed E-state index contributed by atoms with van der Waals surface area (Å²) >= 11 is 1.83. The molecule has 20 heavy (non-hydrogen) atoms. The lowest BCUT2D eigenvalue weighted by molar-refractivity contribution is 0.0988. The molecule has 1 N–H and O–H groups in total. The fraction of sp³-hybridized carbons (Fsp3) is 0.235. The molecular weight excluding hydrogens is 266 g/mol. The monoisotopic (exact) mass is 285 g/mol. The molecule has 2 nitrogen and oxygen atoms in total. The van der Waals surface area contributed by atoms with Crippen LogP contribution in [-0.4, -0.2) is 18.1 Å². The molecule has 0 spiro atoms. The lowest BCUT2D eigenvalue weighted by atomic mass is 10.1. The molecule has 0 fully saturated rings. The van der Waals surface area contributed by atoms with Crippen molar-refractivity contribution in [2.24, 2.45) is 0 Å². The fourth-order valence-corrected chi connectivity index (χ4v) is 2.65. The number of benzene rings is 2. The Kier molecular flexibility index (Phi) is 5.69. The number of rotatable bonds is 7. The predicted molar refractivity (Wildman–Crippen MR) is 86.7 cm³/mol. The highest BCUT2D eigenvalue weighted by atomic mass is 32.2. The zero-order valence-electron chi connectivity index (χ0n) is 11.6. The Balaban J connectivity index is 1.75. The maximum absolute atomic E-state index is 11.5. The van der Waals surface area contributed by atoms with E-state index in [1.807, 2.05) is 49.0 Å². The first-order chi connectivity index (χ1) is 9.79. The third-order valence-electron chi connectivity index (χ3n) is 2.97. The lowest BCUT2D eigenvalue weighted by Crippen LogP contribution is -2.04. The zero-order valence-corrected chi connectivity index (χ0v) is 12.5. The topological polar surface area (TPSA) is 29.1 Å². The second-order valence-electron chi connectivity index (χ2n) is 4.44. The number of anilines is 1. The summed E-state index contributed by atoms with van der Waals surface area (Å²) in [6.45, 7) is 2.79. The van der Waals surface area contributed by atoms with Gasteiger partial charge in [0.1, 0.15) is 0 Å². The van der Waals surface area contributed by atoms with Gasteiger partial charge in [-0.1, -0.05) is 25.1 Å². The maximum atomic E-state index is 11.5. The molecule has 0 aliphatic rings. The predicted octanol–water partition coefficient (Wildman–Crippen LogP) is 4.48. The largest absolute Gasteiger partial charge is 0.384 e. The molecule has 0 aliphatic carbocycles. The van der Waals surface area contributed by atoms with Gasteiger partial charge in [-0.05, 0) is 36.4 Å². The zero-order chi connectivity index (χ0) is 14.2. The molecule has 0 radical (unpaired) electrons. The molecule has 3 heteroatoms. The van der Waals surface area contributed by atoms with Gasteiger partial charge in [-0.25, -0.2) is 0 Å². The summed E-state index contributed by atoms with van der Waals surface area (Å²) < 4.78 is 0. The number of nitrogens with one attached hydrogen (secondary N) is 1. The first kappa shape index (κ1) is 14.7. The Morgan fingerprint density at radius 2 is 1.75 bits per heavy atom. The van der Waals surface area contributed by atoms with Crippen molar-refractivity contribution in [1.29, 1.82) is 0 Å². The molecule has 0 bridgehead atoms. The van der Waals surface area contributed by atoms with Gasteiger partial charge >= 0.3 is 0 Å². The van der Waals surface area contributed by atoms with Crippen LogP contribution < -0.4 is 5.32 Å². The van der Waals surface area contributed by atoms with Crippen LogP contribution in [0.4, 0.5) is 5.69 Å². The van der Waals surface area contributed by atoms with Crippen LogP contribution in [0.25, 0.3) is 0 Å². The van der Waals surface area contributed by atoms with Crippen molar-refractivity contribution in [3.63, 3.8) is 0 Å². The average Bonchev–Trinajstić information content (AvgIpc) is 2.52. The maximum Gasteiger partial charge on any atom is 0.162 e. The quantitative estimate of drug-likeness (QED) is 0.462. The standard InChI is InChI=1S/C17H19NOS/c1-2-17(19)14-8-10-15(11-9-14)18-12-13-20-16-6-4-3-5-7-16/h3-11,18H,2,12-13H2,1H3. The summed E-state index contributed by atoms with van der Waals surface area (Å²) in [5.41, 5.74) is 1.85. The molecule has 0 saturated heterocycles. The van der Waals surface area contributed by atoms with Crippen molar-refractivity contribution in [2.75, 3.05) is 17.6 Å². The number of hydrogen-bond acceptors (Lipinski definition) is 3. The summed E-state index contributed by atoms with van der Waals surface area (Å²) in [5.74, 6) is 1.20. The first-order valence-corrected chi connectivity index (χ1v) is 7.83. The molecule has 0 atom stereocenters. The highest BCUT2D eigenvalue weighted by molar-refractivity contribution is 7.99. The summed E-state index contributed by atoms with van der Waals surface area (Å²) in [6, 6.07) is 18.1. The van der Waals surface area contributed by atoms with E-state index >= 15 is 0 Å². The summed E-state index contributed by atoms with van der Waals surface area (Å²) in [5, 5.41) is 3.37. The molecule has 0 aromatic heterocycles. The number of carbonyl (C=O) groups excluding carboxylic acids is 1. The average molecular weight is 285 g/mol. The normalized spacial score (nSPS) is 10.2. The highest BCUT2D eigenvalue weighted by Crippen LogP contribution is 2.17. The van der Waals surface area contributed by atoms with Gasteiger partial charge in [-0.2, -0.15) is 0 Å². The Morgan fingerprint density at radius 3 is 2.40 bits per heavy atom. The molecule has 2 rings (SSSR count). The van der Waals surface area contributed by atoms with E-state index in [0.717, 1.165) is 23.5 Å². The van der Waals surface area contributed by atoms with Crippen molar-refractivity contribution in [3.8, 4) is 0 Å². The van der Waals surface area contributed by atoms with E-state index in [1.165, 1.54) is 4.90 Å². The Bertz CT molecular complexity index is 537. The third kappa shape index (κ3) is 4.42. The highest BCUT2D eigenvalue weighted by Gasteiger charge is 2.02. The molecule has 0 saturated carbocycles. The van der Waals surface area contributed by atoms with Crippen LogP contribution in [0.15, 0.2) is 59.5 Å². The number of thioether (sulfide) groups is 1. The Morgan fingerprint density at radius 1 is 1.05 bits per heavy atom. The van der Waals surface area contributed by atoms with Crippen LogP contribution in [0, 0.1) is 0 Å². The number of Topliss-reactive ketones (excluding diaryl/α,β-unsaturated/α-hetero) is 1. The van der Waals surface area contributed by atoms with Crippen molar-refractivity contribution in [1.82, 2.24) is 0 Å². The van der Waals surface area contributed by atoms with Crippen LogP contribution in [0.5, 0.6) is 0 Å². The van der Waals surface area contributed by atoms with E-state index in [1.54, 1.807) is 0 Å². The molecular formula is C17H19NOS. The molecule has 0 aliphatic heterocycles. The third-order valence-corrected chi connectivity index (χ3v) is 3.98. The summed E-state index contributed by atoms with van der Waals surface area (Å²) in [4.78, 5) is 12.8. The van der Waals surface area contributed by atoms with E-state index in [9.17, 15) is 4.79 Å². The molecule has 0 unspecified atom stereocenters. The molecule has 104 valence electrons. The van der Waals surface area contributed by atoms with Crippen LogP contribution in [-0.2, 0) is 0 Å². The second kappa shape index (κ2) is 7.75. The smallest absolute Gasteiger partial charge is 0.162 e. The minimum absolute atomic E-state index is 0.191. The van der Waals surface area contributed by atoms with Gasteiger partial charge in [0.05, 0.1) is 0 Å². The Labute approximate surface area is 124 Å². The summed E-state index contributed by atoms with van der Waals surface area (Å²) in [6.07, 6.45) is 0.556. The van der Waals surface area contributed by atoms with Gasteiger partial charge in [-0.3, -0.25) is 4.79 Å². The lowest BCUT2D eigenvalue weighted by Gasteiger charge is -2.07. The number of ketones is 1. The van der Waals surface area contributed by atoms with E-state index in [2.05, 4.69) is 29.6 Å². The SMILES string of the molecule is CCC(=O)c1ccc(NCCSc2ccccc2)cc1. The molecule has 0 amide bonds. The second-order valence-corrected chi connectivity index (χ2v) is 5.61. The van der Waals surface area contributed by atoms with Gasteiger partial charge in [-0.15, -0.1) is 11.8 Å². The minimum Gasteiger partial charge on any atom is -0.384 e. The van der Waals surface area contributed by atoms with Crippen LogP contribution in [0.1, 0.15) is 23.7 Å². The van der Waals surface area contributed by atoms with Gasteiger partial charge < -0.3 is 5.32 Å². The molecule has 0 heterocycles. The summed E-state index contributed by atoms with van der Waals surface area (Å²) in [7, 11) is 0. The van der Waals surface area contributed by atoms with Crippen LogP contribution >= 0.6 is 11.8 Å². The number of carbonyl (C=O) groups is 1. The molecule has 2 aromatic rings. The fourth-order valence-electron chi connectivity index (χ4n) is 1.86. The number of hydrogen-bond donors (Lipinski definition) is 1. The van der Waals surface area contributed by atoms with Crippen LogP contribution in [0.3, 0.4) is 0 Å². The molecule has 2 aromatic carbocycles. The van der Waals surface area contributed by atoms with Crippen molar-refractivity contribution in [3.05, 3.63) is 60.2 Å².